The molecule has 2 atom stereocenters. The van der Waals surface area contributed by atoms with E-state index in [1.54, 1.807) is 0 Å². The Morgan fingerprint density at radius 3 is 2.72 bits per heavy atom. The van der Waals surface area contributed by atoms with Crippen molar-refractivity contribution >= 4 is 11.6 Å². The average Bonchev–Trinajstić information content (AvgIpc) is 2.76. The number of rotatable bonds is 5. The summed E-state index contributed by atoms with van der Waals surface area (Å²) in [5.74, 6) is 0.822. The third-order valence-corrected chi connectivity index (χ3v) is 3.95. The van der Waals surface area contributed by atoms with Crippen molar-refractivity contribution in [2.24, 2.45) is 5.92 Å². The number of likely N-dealkylation sites (tertiary alicyclic amines) is 1. The molecule has 0 amide bonds. The van der Waals surface area contributed by atoms with Crippen molar-refractivity contribution in [3.8, 4) is 0 Å². The van der Waals surface area contributed by atoms with E-state index in [-0.39, 0.29) is 0 Å². The van der Waals surface area contributed by atoms with E-state index >= 15 is 0 Å². The van der Waals surface area contributed by atoms with Crippen molar-refractivity contribution in [3.63, 3.8) is 0 Å². The number of benzene rings is 1. The molecule has 2 rings (SSSR count). The Kier molecular flexibility index (Phi) is 5.04. The summed E-state index contributed by atoms with van der Waals surface area (Å²) in [4.78, 5) is 2.41. The van der Waals surface area contributed by atoms with E-state index in [2.05, 4.69) is 36.3 Å². The fourth-order valence-corrected chi connectivity index (χ4v) is 2.73. The first-order chi connectivity index (χ1) is 8.63. The summed E-state index contributed by atoms with van der Waals surface area (Å²) in [7, 11) is 2.21. The van der Waals surface area contributed by atoms with E-state index in [9.17, 15) is 0 Å². The van der Waals surface area contributed by atoms with Crippen LogP contribution in [0.15, 0.2) is 24.3 Å². The maximum atomic E-state index is 5.89. The maximum Gasteiger partial charge on any atom is 0.0406 e. The van der Waals surface area contributed by atoms with E-state index in [0.717, 1.165) is 23.9 Å². The fourth-order valence-electron chi connectivity index (χ4n) is 2.61. The quantitative estimate of drug-likeness (QED) is 0.882. The Bertz CT molecular complexity index is 363. The predicted octanol–water partition coefficient (Wildman–Crippen LogP) is 2.81. The summed E-state index contributed by atoms with van der Waals surface area (Å²) in [6.45, 7) is 5.88. The van der Waals surface area contributed by atoms with Crippen molar-refractivity contribution in [1.82, 2.24) is 10.2 Å². The lowest BCUT2D eigenvalue weighted by molar-refractivity contribution is 0.380. The number of nitrogens with one attached hydrogen (secondary N) is 1. The highest BCUT2D eigenvalue weighted by atomic mass is 35.5. The third-order valence-electron chi connectivity index (χ3n) is 3.70. The molecule has 0 saturated carbocycles. The van der Waals surface area contributed by atoms with E-state index in [1.165, 1.54) is 25.1 Å². The van der Waals surface area contributed by atoms with Crippen molar-refractivity contribution < 1.29 is 0 Å². The Labute approximate surface area is 115 Å². The van der Waals surface area contributed by atoms with E-state index in [0.29, 0.717) is 6.04 Å². The molecule has 18 heavy (non-hydrogen) atoms. The van der Waals surface area contributed by atoms with Crippen LogP contribution in [-0.4, -0.2) is 37.6 Å². The van der Waals surface area contributed by atoms with Crippen LogP contribution in [0.2, 0.25) is 5.02 Å². The number of hydrogen-bond acceptors (Lipinski definition) is 2. The Hall–Kier alpha value is -0.570. The summed E-state index contributed by atoms with van der Waals surface area (Å²) in [6.07, 6.45) is 2.40. The zero-order valence-corrected chi connectivity index (χ0v) is 12.1. The van der Waals surface area contributed by atoms with Crippen molar-refractivity contribution in [3.05, 3.63) is 34.9 Å². The largest absolute Gasteiger partial charge is 0.314 e. The van der Waals surface area contributed by atoms with Gasteiger partial charge in [0.25, 0.3) is 0 Å². The molecule has 0 bridgehead atoms. The minimum Gasteiger partial charge on any atom is -0.314 e. The summed E-state index contributed by atoms with van der Waals surface area (Å²) < 4.78 is 0. The van der Waals surface area contributed by atoms with E-state index in [1.807, 2.05) is 12.1 Å². The van der Waals surface area contributed by atoms with Gasteiger partial charge >= 0.3 is 0 Å². The van der Waals surface area contributed by atoms with Gasteiger partial charge < -0.3 is 10.2 Å². The van der Waals surface area contributed by atoms with E-state index < -0.39 is 0 Å². The molecule has 1 aromatic carbocycles. The highest BCUT2D eigenvalue weighted by Gasteiger charge is 2.19. The molecule has 2 unspecified atom stereocenters. The van der Waals surface area contributed by atoms with Gasteiger partial charge in [0.15, 0.2) is 0 Å². The first-order valence-corrected chi connectivity index (χ1v) is 7.17. The van der Waals surface area contributed by atoms with Crippen LogP contribution in [0.3, 0.4) is 0 Å². The van der Waals surface area contributed by atoms with Gasteiger partial charge in [0.1, 0.15) is 0 Å². The summed E-state index contributed by atoms with van der Waals surface area (Å²) in [5, 5.41) is 4.46. The predicted molar refractivity (Wildman–Crippen MR) is 78.2 cm³/mol. The van der Waals surface area contributed by atoms with Gasteiger partial charge in [0, 0.05) is 17.6 Å². The van der Waals surface area contributed by atoms with Gasteiger partial charge in [-0.15, -0.1) is 0 Å². The van der Waals surface area contributed by atoms with Crippen LogP contribution in [0.5, 0.6) is 0 Å². The van der Waals surface area contributed by atoms with Crippen LogP contribution in [0.25, 0.3) is 0 Å². The second kappa shape index (κ2) is 6.55. The summed E-state index contributed by atoms with van der Waals surface area (Å²) in [5.41, 5.74) is 1.35. The number of hydrogen-bond donors (Lipinski definition) is 1. The molecule has 1 aromatic rings. The average molecular weight is 267 g/mol. The molecule has 1 saturated heterocycles. The van der Waals surface area contributed by atoms with E-state index in [4.69, 9.17) is 11.6 Å². The highest BCUT2D eigenvalue weighted by Crippen LogP contribution is 2.14. The molecule has 0 aliphatic carbocycles. The smallest absolute Gasteiger partial charge is 0.0406 e. The van der Waals surface area contributed by atoms with Crippen LogP contribution in [0, 0.1) is 5.92 Å². The molecule has 1 fully saturated rings. The monoisotopic (exact) mass is 266 g/mol. The van der Waals surface area contributed by atoms with Crippen molar-refractivity contribution in [2.75, 3.05) is 26.7 Å². The Morgan fingerprint density at radius 1 is 1.39 bits per heavy atom. The van der Waals surface area contributed by atoms with Crippen LogP contribution in [0.1, 0.15) is 18.9 Å². The second-order valence-electron chi connectivity index (χ2n) is 5.56. The molecule has 1 aliphatic rings. The van der Waals surface area contributed by atoms with Gasteiger partial charge in [-0.1, -0.05) is 23.7 Å². The molecule has 1 N–H and O–H groups in total. The van der Waals surface area contributed by atoms with Gasteiger partial charge in [0.05, 0.1) is 0 Å². The Balaban J connectivity index is 1.71. The van der Waals surface area contributed by atoms with Gasteiger partial charge in [0.2, 0.25) is 0 Å². The van der Waals surface area contributed by atoms with Gasteiger partial charge in [-0.05, 0) is 63.5 Å². The fraction of sp³-hybridized carbons (Fsp3) is 0.600. The second-order valence-corrected chi connectivity index (χ2v) is 5.99. The molecule has 1 aliphatic heterocycles. The molecule has 3 heteroatoms. The highest BCUT2D eigenvalue weighted by molar-refractivity contribution is 6.30. The molecule has 2 nitrogen and oxygen atoms in total. The topological polar surface area (TPSA) is 15.3 Å². The van der Waals surface area contributed by atoms with Crippen molar-refractivity contribution in [1.29, 1.82) is 0 Å². The standard InChI is InChI=1S/C15H23ClN2/c1-12(9-13-3-5-15(16)6-4-13)17-10-14-7-8-18(2)11-14/h3-6,12,14,17H,7-11H2,1-2H3. The molecule has 0 aromatic heterocycles. The van der Waals surface area contributed by atoms with Crippen LogP contribution in [0.4, 0.5) is 0 Å². The molecular formula is C15H23ClN2. The molecule has 100 valence electrons. The minimum atomic E-state index is 0.525. The normalized spacial score (nSPS) is 22.3. The van der Waals surface area contributed by atoms with Gasteiger partial charge in [-0.2, -0.15) is 0 Å². The molecular weight excluding hydrogens is 244 g/mol. The maximum absolute atomic E-state index is 5.89. The Morgan fingerprint density at radius 2 is 2.11 bits per heavy atom. The molecule has 0 spiro atoms. The number of nitrogens with zero attached hydrogens (tertiary/aromatic N) is 1. The minimum absolute atomic E-state index is 0.525. The van der Waals surface area contributed by atoms with Crippen LogP contribution < -0.4 is 5.32 Å². The first-order valence-electron chi connectivity index (χ1n) is 6.80. The lowest BCUT2D eigenvalue weighted by Gasteiger charge is -2.17. The summed E-state index contributed by atoms with van der Waals surface area (Å²) >= 11 is 5.89. The van der Waals surface area contributed by atoms with Gasteiger partial charge in [-0.3, -0.25) is 0 Å². The number of halogens is 1. The summed E-state index contributed by atoms with van der Waals surface area (Å²) in [6, 6.07) is 8.69. The van der Waals surface area contributed by atoms with Gasteiger partial charge in [-0.25, -0.2) is 0 Å². The van der Waals surface area contributed by atoms with Crippen LogP contribution >= 0.6 is 11.6 Å². The van der Waals surface area contributed by atoms with Crippen LogP contribution in [-0.2, 0) is 6.42 Å². The third kappa shape index (κ3) is 4.27. The van der Waals surface area contributed by atoms with Crippen molar-refractivity contribution in [2.45, 2.75) is 25.8 Å². The molecule has 1 heterocycles. The lowest BCUT2D eigenvalue weighted by atomic mass is 10.1. The lowest BCUT2D eigenvalue weighted by Crippen LogP contribution is -2.33. The molecule has 0 radical (unpaired) electrons. The zero-order chi connectivity index (χ0) is 13.0. The zero-order valence-electron chi connectivity index (χ0n) is 11.3. The SMILES string of the molecule is CC(Cc1ccc(Cl)cc1)NCC1CCN(C)C1. The first kappa shape index (κ1) is 13.9.